The molecule has 1 aliphatic heterocycles. The minimum atomic E-state index is -1.23. The third-order valence-electron chi connectivity index (χ3n) is 6.65. The smallest absolute Gasteiger partial charge is 0.204 e. The molecule has 1 N–H and O–H groups in total. The molecule has 5 rings (SSSR count). The summed E-state index contributed by atoms with van der Waals surface area (Å²) >= 11 is 1.32. The molecule has 1 saturated heterocycles. The number of carbonyl (C=O) groups excluding carboxylic acids is 1. The third-order valence-corrected chi connectivity index (χ3v) is 7.53. The van der Waals surface area contributed by atoms with E-state index in [0.717, 1.165) is 16.7 Å². The lowest BCUT2D eigenvalue weighted by Gasteiger charge is -2.44. The Morgan fingerprint density at radius 1 is 0.718 bits per heavy atom. The van der Waals surface area contributed by atoms with Gasteiger partial charge in [-0.25, -0.2) is 0 Å². The van der Waals surface area contributed by atoms with E-state index in [-0.39, 0.29) is 19.0 Å². The van der Waals surface area contributed by atoms with Gasteiger partial charge >= 0.3 is 0 Å². The number of aliphatic hydroxyl groups excluding tert-OH is 1. The maximum atomic E-state index is 13.4. The Labute approximate surface area is 232 Å². The molecule has 1 aromatic heterocycles. The molecule has 1 fully saturated rings. The molecule has 0 radical (unpaired) electrons. The van der Waals surface area contributed by atoms with Crippen LogP contribution in [0.2, 0.25) is 0 Å². The standard InChI is InChI=1S/C32H32O6S/c33-28(27-17-10-18-39-27)31-29(34)32(37-21-25-15-8-3-9-16-25)30(36-20-24-13-6-2-7-14-24)26(38-31)22-35-19-23-11-4-1-5-12-23/h1-18,26,29-32,34H,19-22H2/t26-,29+,30+,31+,32-/m1/s1. The summed E-state index contributed by atoms with van der Waals surface area (Å²) in [6.45, 7) is 1.10. The van der Waals surface area contributed by atoms with Crippen LogP contribution in [0, 0.1) is 0 Å². The molecule has 0 unspecified atom stereocenters. The lowest BCUT2D eigenvalue weighted by Crippen LogP contribution is -2.62. The van der Waals surface area contributed by atoms with Crippen molar-refractivity contribution >= 4 is 17.1 Å². The van der Waals surface area contributed by atoms with E-state index in [2.05, 4.69) is 0 Å². The highest BCUT2D eigenvalue weighted by atomic mass is 32.1. The topological polar surface area (TPSA) is 74.2 Å². The van der Waals surface area contributed by atoms with Gasteiger partial charge in [-0.05, 0) is 28.1 Å². The van der Waals surface area contributed by atoms with Gasteiger partial charge in [0.15, 0.2) is 6.10 Å². The van der Waals surface area contributed by atoms with Crippen molar-refractivity contribution in [1.29, 1.82) is 0 Å². The molecule has 2 heterocycles. The SMILES string of the molecule is O=C(c1cccs1)[C@@H]1O[C@H](COCc2ccccc2)[C@H](OCc2ccccc2)[C@H](OCc2ccccc2)[C@H]1O. The maximum absolute atomic E-state index is 13.4. The number of hydrogen-bond donors (Lipinski definition) is 1. The average molecular weight is 545 g/mol. The molecule has 202 valence electrons. The van der Waals surface area contributed by atoms with Gasteiger partial charge in [-0.3, -0.25) is 4.79 Å². The Bertz CT molecular complexity index is 1270. The van der Waals surface area contributed by atoms with Gasteiger partial charge in [-0.1, -0.05) is 97.1 Å². The first-order valence-electron chi connectivity index (χ1n) is 13.0. The van der Waals surface area contributed by atoms with Gasteiger partial charge < -0.3 is 24.1 Å². The molecule has 0 bridgehead atoms. The van der Waals surface area contributed by atoms with Crippen LogP contribution in [0.5, 0.6) is 0 Å². The van der Waals surface area contributed by atoms with Crippen LogP contribution in [0.3, 0.4) is 0 Å². The van der Waals surface area contributed by atoms with Crippen molar-refractivity contribution in [2.45, 2.75) is 50.3 Å². The average Bonchev–Trinajstić information content (AvgIpc) is 3.53. The van der Waals surface area contributed by atoms with Crippen LogP contribution >= 0.6 is 11.3 Å². The van der Waals surface area contributed by atoms with Crippen LogP contribution in [-0.2, 0) is 38.8 Å². The van der Waals surface area contributed by atoms with Gasteiger partial charge in [0.25, 0.3) is 0 Å². The Morgan fingerprint density at radius 3 is 1.79 bits per heavy atom. The van der Waals surface area contributed by atoms with Crippen molar-refractivity contribution in [2.75, 3.05) is 6.61 Å². The molecule has 4 aromatic rings. The zero-order chi connectivity index (χ0) is 26.9. The normalized spacial score (nSPS) is 22.9. The van der Waals surface area contributed by atoms with Gasteiger partial charge in [0, 0.05) is 0 Å². The molecule has 6 nitrogen and oxygen atoms in total. The monoisotopic (exact) mass is 544 g/mol. The number of carbonyl (C=O) groups is 1. The molecule has 0 saturated carbocycles. The van der Waals surface area contributed by atoms with Crippen LogP contribution in [0.25, 0.3) is 0 Å². The minimum absolute atomic E-state index is 0.167. The Balaban J connectivity index is 1.39. The quantitative estimate of drug-likeness (QED) is 0.239. The van der Waals surface area contributed by atoms with Crippen LogP contribution in [0.15, 0.2) is 109 Å². The number of rotatable bonds is 12. The van der Waals surface area contributed by atoms with E-state index in [1.807, 2.05) is 102 Å². The Hall–Kier alpha value is -3.17. The molecule has 0 aliphatic carbocycles. The fraction of sp³-hybridized carbons (Fsp3) is 0.281. The van der Waals surface area contributed by atoms with E-state index in [9.17, 15) is 9.90 Å². The van der Waals surface area contributed by atoms with Crippen molar-refractivity contribution in [3.8, 4) is 0 Å². The molecule has 39 heavy (non-hydrogen) atoms. The molecule has 0 amide bonds. The first-order chi connectivity index (χ1) is 19.2. The summed E-state index contributed by atoms with van der Waals surface area (Å²) in [5.74, 6) is -0.277. The third kappa shape index (κ3) is 7.28. The highest BCUT2D eigenvalue weighted by Gasteiger charge is 2.49. The summed E-state index contributed by atoms with van der Waals surface area (Å²) in [6, 6.07) is 32.9. The summed E-state index contributed by atoms with van der Waals surface area (Å²) in [7, 11) is 0. The second kappa shape index (κ2) is 13.8. The van der Waals surface area contributed by atoms with Crippen molar-refractivity contribution in [3.63, 3.8) is 0 Å². The summed E-state index contributed by atoms with van der Waals surface area (Å²) in [6.07, 6.45) is -4.47. The lowest BCUT2D eigenvalue weighted by atomic mass is 9.92. The summed E-state index contributed by atoms with van der Waals surface area (Å²) < 4.78 is 25.0. The number of Topliss-reactive ketones (excluding diaryl/α,β-unsaturated/α-hetero) is 1. The minimum Gasteiger partial charge on any atom is -0.387 e. The Kier molecular flexibility index (Phi) is 9.66. The van der Waals surface area contributed by atoms with E-state index in [1.165, 1.54) is 11.3 Å². The van der Waals surface area contributed by atoms with Crippen LogP contribution in [0.1, 0.15) is 26.4 Å². The van der Waals surface area contributed by atoms with Crippen molar-refractivity contribution < 1.29 is 28.8 Å². The lowest BCUT2D eigenvalue weighted by molar-refractivity contribution is -0.250. The molecule has 1 aliphatic rings. The van der Waals surface area contributed by atoms with Gasteiger partial charge in [0.2, 0.25) is 5.78 Å². The van der Waals surface area contributed by atoms with Crippen LogP contribution in [0.4, 0.5) is 0 Å². The van der Waals surface area contributed by atoms with Crippen molar-refractivity contribution in [2.24, 2.45) is 0 Å². The largest absolute Gasteiger partial charge is 0.387 e. The zero-order valence-corrected chi connectivity index (χ0v) is 22.3. The van der Waals surface area contributed by atoms with E-state index < -0.39 is 30.5 Å². The molecule has 5 atom stereocenters. The van der Waals surface area contributed by atoms with Crippen LogP contribution < -0.4 is 0 Å². The second-order valence-corrected chi connectivity index (χ2v) is 10.4. The van der Waals surface area contributed by atoms with E-state index in [1.54, 1.807) is 6.07 Å². The summed E-state index contributed by atoms with van der Waals surface area (Å²) in [5.41, 5.74) is 2.96. The Morgan fingerprint density at radius 2 is 1.26 bits per heavy atom. The zero-order valence-electron chi connectivity index (χ0n) is 21.5. The molecule has 7 heteroatoms. The van der Waals surface area contributed by atoms with E-state index in [0.29, 0.717) is 18.1 Å². The summed E-state index contributed by atoms with van der Waals surface area (Å²) in [5, 5.41) is 13.3. The predicted octanol–water partition coefficient (Wildman–Crippen LogP) is 5.45. The number of benzene rings is 3. The van der Waals surface area contributed by atoms with Gasteiger partial charge in [0.1, 0.15) is 24.4 Å². The number of ketones is 1. The van der Waals surface area contributed by atoms with E-state index >= 15 is 0 Å². The highest BCUT2D eigenvalue weighted by molar-refractivity contribution is 7.12. The van der Waals surface area contributed by atoms with Gasteiger partial charge in [0.05, 0.1) is 31.3 Å². The number of thiophene rings is 1. The van der Waals surface area contributed by atoms with Crippen molar-refractivity contribution in [3.05, 3.63) is 130 Å². The highest BCUT2D eigenvalue weighted by Crippen LogP contribution is 2.31. The molecule has 0 spiro atoms. The number of ether oxygens (including phenoxy) is 4. The predicted molar refractivity (Wildman–Crippen MR) is 149 cm³/mol. The first kappa shape index (κ1) is 27.4. The molecule has 3 aromatic carbocycles. The molecular formula is C32H32O6S. The van der Waals surface area contributed by atoms with Crippen molar-refractivity contribution in [1.82, 2.24) is 0 Å². The number of hydrogen-bond acceptors (Lipinski definition) is 7. The van der Waals surface area contributed by atoms with Gasteiger partial charge in [-0.2, -0.15) is 0 Å². The second-order valence-electron chi connectivity index (χ2n) is 9.45. The maximum Gasteiger partial charge on any atom is 0.204 e. The first-order valence-corrected chi connectivity index (χ1v) is 13.9. The summed E-state index contributed by atoms with van der Waals surface area (Å²) in [4.78, 5) is 13.9. The number of aliphatic hydroxyl groups is 1. The van der Waals surface area contributed by atoms with Gasteiger partial charge in [-0.15, -0.1) is 11.3 Å². The fourth-order valence-corrected chi connectivity index (χ4v) is 5.32. The van der Waals surface area contributed by atoms with E-state index in [4.69, 9.17) is 18.9 Å². The fourth-order valence-electron chi connectivity index (χ4n) is 4.63. The molecular weight excluding hydrogens is 512 g/mol. The van der Waals surface area contributed by atoms with Crippen LogP contribution in [-0.4, -0.2) is 48.0 Å².